The maximum Gasteiger partial charge on any atom is 0.194 e. The maximum atomic E-state index is 5.83. The topological polar surface area (TPSA) is 27.7 Å². The van der Waals surface area contributed by atoms with Crippen LogP contribution in [0.4, 0.5) is 0 Å². The Bertz CT molecular complexity index is 157. The van der Waals surface area contributed by atoms with Gasteiger partial charge in [0.05, 0.1) is 0 Å². The summed E-state index contributed by atoms with van der Waals surface area (Å²) in [7, 11) is 0. The lowest BCUT2D eigenvalue weighted by molar-refractivity contribution is -0.300. The third-order valence-electron chi connectivity index (χ3n) is 2.88. The molecular formula is C12H24O3. The van der Waals surface area contributed by atoms with Crippen LogP contribution in [0.5, 0.6) is 0 Å². The standard InChI is InChI=1S/C12H24O3/c1-4-13-11-9-7-8-10-12(11,14-5-2)15-6-3/h11H,4-10H2,1-3H3. The first kappa shape index (κ1) is 12.9. The van der Waals surface area contributed by atoms with E-state index in [1.807, 2.05) is 20.8 Å². The van der Waals surface area contributed by atoms with Gasteiger partial charge in [-0.15, -0.1) is 0 Å². The number of ether oxygens (including phenoxy) is 3. The van der Waals surface area contributed by atoms with E-state index in [-0.39, 0.29) is 6.10 Å². The highest BCUT2D eigenvalue weighted by Crippen LogP contribution is 2.35. The molecule has 3 nitrogen and oxygen atoms in total. The van der Waals surface area contributed by atoms with E-state index in [2.05, 4.69) is 0 Å². The summed E-state index contributed by atoms with van der Waals surface area (Å²) in [5, 5.41) is 0. The fourth-order valence-electron chi connectivity index (χ4n) is 2.35. The molecule has 0 N–H and O–H groups in total. The summed E-state index contributed by atoms with van der Waals surface area (Å²) in [6.07, 6.45) is 4.50. The van der Waals surface area contributed by atoms with Crippen LogP contribution in [0.3, 0.4) is 0 Å². The van der Waals surface area contributed by atoms with Crippen molar-refractivity contribution in [3.8, 4) is 0 Å². The number of rotatable bonds is 6. The van der Waals surface area contributed by atoms with Crippen molar-refractivity contribution in [2.75, 3.05) is 19.8 Å². The van der Waals surface area contributed by atoms with Crippen molar-refractivity contribution in [2.24, 2.45) is 0 Å². The van der Waals surface area contributed by atoms with Crippen molar-refractivity contribution in [3.05, 3.63) is 0 Å². The van der Waals surface area contributed by atoms with Gasteiger partial charge in [0, 0.05) is 26.2 Å². The summed E-state index contributed by atoms with van der Waals surface area (Å²) >= 11 is 0. The minimum atomic E-state index is -0.474. The Balaban J connectivity index is 2.68. The molecule has 0 radical (unpaired) electrons. The molecule has 3 heteroatoms. The largest absolute Gasteiger partial charge is 0.373 e. The second-order valence-electron chi connectivity index (χ2n) is 3.87. The highest BCUT2D eigenvalue weighted by atomic mass is 16.7. The fraction of sp³-hybridized carbons (Fsp3) is 1.00. The van der Waals surface area contributed by atoms with Gasteiger partial charge >= 0.3 is 0 Å². The highest BCUT2D eigenvalue weighted by molar-refractivity contribution is 4.85. The van der Waals surface area contributed by atoms with Gasteiger partial charge in [-0.1, -0.05) is 6.42 Å². The Morgan fingerprint density at radius 3 is 2.20 bits per heavy atom. The first-order chi connectivity index (χ1) is 7.29. The Kier molecular flexibility index (Phi) is 5.58. The van der Waals surface area contributed by atoms with E-state index in [0.717, 1.165) is 19.4 Å². The number of hydrogen-bond acceptors (Lipinski definition) is 3. The quantitative estimate of drug-likeness (QED) is 0.639. The predicted molar refractivity (Wildman–Crippen MR) is 59.9 cm³/mol. The lowest BCUT2D eigenvalue weighted by Crippen LogP contribution is -2.51. The Morgan fingerprint density at radius 1 is 1.00 bits per heavy atom. The molecule has 1 fully saturated rings. The molecule has 90 valence electrons. The average Bonchev–Trinajstić information content (AvgIpc) is 2.23. The van der Waals surface area contributed by atoms with Gasteiger partial charge in [-0.2, -0.15) is 0 Å². The van der Waals surface area contributed by atoms with Crippen LogP contribution in [-0.4, -0.2) is 31.7 Å². The van der Waals surface area contributed by atoms with Gasteiger partial charge < -0.3 is 14.2 Å². The van der Waals surface area contributed by atoms with E-state index in [4.69, 9.17) is 14.2 Å². The molecule has 1 unspecified atom stereocenters. The second-order valence-corrected chi connectivity index (χ2v) is 3.87. The molecule has 1 aliphatic carbocycles. The van der Waals surface area contributed by atoms with Crippen LogP contribution in [0.1, 0.15) is 46.5 Å². The van der Waals surface area contributed by atoms with Crippen molar-refractivity contribution in [2.45, 2.75) is 58.3 Å². The molecule has 0 aromatic heterocycles. The molecule has 0 saturated heterocycles. The monoisotopic (exact) mass is 216 g/mol. The van der Waals surface area contributed by atoms with Crippen LogP contribution in [0.15, 0.2) is 0 Å². The molecule has 1 atom stereocenters. The molecule has 1 aliphatic rings. The van der Waals surface area contributed by atoms with Crippen molar-refractivity contribution in [1.29, 1.82) is 0 Å². The molecule has 0 heterocycles. The Hall–Kier alpha value is -0.120. The van der Waals surface area contributed by atoms with Crippen molar-refractivity contribution in [1.82, 2.24) is 0 Å². The van der Waals surface area contributed by atoms with E-state index in [0.29, 0.717) is 13.2 Å². The van der Waals surface area contributed by atoms with Crippen LogP contribution in [0, 0.1) is 0 Å². The molecule has 1 saturated carbocycles. The summed E-state index contributed by atoms with van der Waals surface area (Å²) in [6.45, 7) is 8.15. The van der Waals surface area contributed by atoms with Crippen molar-refractivity contribution < 1.29 is 14.2 Å². The Labute approximate surface area is 93.1 Å². The zero-order valence-electron chi connectivity index (χ0n) is 10.3. The van der Waals surface area contributed by atoms with Crippen LogP contribution < -0.4 is 0 Å². The molecule has 0 bridgehead atoms. The summed E-state index contributed by atoms with van der Waals surface area (Å²) in [5.41, 5.74) is 0. The zero-order valence-corrected chi connectivity index (χ0v) is 10.3. The third-order valence-corrected chi connectivity index (χ3v) is 2.88. The maximum absolute atomic E-state index is 5.83. The zero-order chi connectivity index (χ0) is 11.1. The van der Waals surface area contributed by atoms with E-state index >= 15 is 0 Å². The molecule has 0 aromatic rings. The molecule has 15 heavy (non-hydrogen) atoms. The Morgan fingerprint density at radius 2 is 1.67 bits per heavy atom. The second kappa shape index (κ2) is 6.46. The third kappa shape index (κ3) is 3.16. The first-order valence-corrected chi connectivity index (χ1v) is 6.18. The van der Waals surface area contributed by atoms with E-state index < -0.39 is 5.79 Å². The summed E-state index contributed by atoms with van der Waals surface area (Å²) in [5.74, 6) is -0.474. The van der Waals surface area contributed by atoms with E-state index in [1.165, 1.54) is 12.8 Å². The molecule has 0 spiro atoms. The fourth-order valence-corrected chi connectivity index (χ4v) is 2.35. The van der Waals surface area contributed by atoms with Gasteiger partial charge in [0.15, 0.2) is 5.79 Å². The van der Waals surface area contributed by atoms with Crippen LogP contribution in [0.2, 0.25) is 0 Å². The average molecular weight is 216 g/mol. The summed E-state index contributed by atoms with van der Waals surface area (Å²) in [4.78, 5) is 0. The van der Waals surface area contributed by atoms with Crippen LogP contribution in [-0.2, 0) is 14.2 Å². The van der Waals surface area contributed by atoms with E-state index in [1.54, 1.807) is 0 Å². The van der Waals surface area contributed by atoms with Gasteiger partial charge in [0.1, 0.15) is 6.10 Å². The van der Waals surface area contributed by atoms with Crippen molar-refractivity contribution in [3.63, 3.8) is 0 Å². The highest BCUT2D eigenvalue weighted by Gasteiger charge is 2.43. The van der Waals surface area contributed by atoms with Gasteiger partial charge in [0.25, 0.3) is 0 Å². The summed E-state index contributed by atoms with van der Waals surface area (Å²) < 4.78 is 17.4. The van der Waals surface area contributed by atoms with E-state index in [9.17, 15) is 0 Å². The number of hydrogen-bond donors (Lipinski definition) is 0. The lowest BCUT2D eigenvalue weighted by atomic mass is 9.90. The molecular weight excluding hydrogens is 192 g/mol. The SMILES string of the molecule is CCOC1CCCCC1(OCC)OCC. The van der Waals surface area contributed by atoms with Crippen LogP contribution >= 0.6 is 0 Å². The van der Waals surface area contributed by atoms with Gasteiger partial charge in [-0.25, -0.2) is 0 Å². The smallest absolute Gasteiger partial charge is 0.194 e. The van der Waals surface area contributed by atoms with Gasteiger partial charge in [0.2, 0.25) is 0 Å². The summed E-state index contributed by atoms with van der Waals surface area (Å²) in [6, 6.07) is 0. The first-order valence-electron chi connectivity index (χ1n) is 6.18. The molecule has 0 aliphatic heterocycles. The van der Waals surface area contributed by atoms with Crippen molar-refractivity contribution >= 4 is 0 Å². The normalized spacial score (nSPS) is 25.4. The van der Waals surface area contributed by atoms with Gasteiger partial charge in [-0.3, -0.25) is 0 Å². The van der Waals surface area contributed by atoms with Gasteiger partial charge in [-0.05, 0) is 33.6 Å². The molecule has 0 aromatic carbocycles. The predicted octanol–water partition coefficient (Wildman–Crippen LogP) is 2.73. The lowest BCUT2D eigenvalue weighted by Gasteiger charge is -2.42. The molecule has 0 amide bonds. The molecule has 1 rings (SSSR count). The van der Waals surface area contributed by atoms with Crippen LogP contribution in [0.25, 0.3) is 0 Å². The minimum absolute atomic E-state index is 0.108. The minimum Gasteiger partial charge on any atom is -0.373 e.